The van der Waals surface area contributed by atoms with Crippen molar-refractivity contribution in [1.82, 2.24) is 15.5 Å². The number of aliphatic imine (C=N–C) groups is 1. The molecular weight excluding hydrogens is 396 g/mol. The number of hydrogen-bond donors (Lipinski definition) is 2. The highest BCUT2D eigenvalue weighted by molar-refractivity contribution is 5.79. The molecule has 31 heavy (non-hydrogen) atoms. The van der Waals surface area contributed by atoms with Gasteiger partial charge in [-0.15, -0.1) is 0 Å². The topological polar surface area (TPSA) is 76.6 Å². The van der Waals surface area contributed by atoms with Crippen molar-refractivity contribution in [2.24, 2.45) is 10.9 Å². The zero-order valence-corrected chi connectivity index (χ0v) is 20.0. The lowest BCUT2D eigenvalue weighted by molar-refractivity contribution is 0.0132. The van der Waals surface area contributed by atoms with Crippen LogP contribution in [0, 0.1) is 5.92 Å². The highest BCUT2D eigenvalue weighted by Gasteiger charge is 2.22. The van der Waals surface area contributed by atoms with Crippen molar-refractivity contribution >= 4 is 5.96 Å². The molecule has 1 aliphatic heterocycles. The van der Waals surface area contributed by atoms with Gasteiger partial charge < -0.3 is 29.6 Å². The van der Waals surface area contributed by atoms with Crippen molar-refractivity contribution in [2.45, 2.75) is 32.7 Å². The van der Waals surface area contributed by atoms with Crippen LogP contribution in [0.5, 0.6) is 17.2 Å². The normalized spacial score (nSPS) is 16.2. The van der Waals surface area contributed by atoms with Crippen molar-refractivity contribution in [3.63, 3.8) is 0 Å². The van der Waals surface area contributed by atoms with Crippen molar-refractivity contribution in [1.29, 1.82) is 0 Å². The molecule has 2 N–H and O–H groups in total. The van der Waals surface area contributed by atoms with E-state index in [2.05, 4.69) is 34.4 Å². The minimum Gasteiger partial charge on any atom is -0.496 e. The number of guanidine groups is 1. The van der Waals surface area contributed by atoms with E-state index in [1.165, 1.54) is 0 Å². The fourth-order valence-electron chi connectivity index (χ4n) is 3.91. The first-order chi connectivity index (χ1) is 15.0. The van der Waals surface area contributed by atoms with Crippen LogP contribution < -0.4 is 24.8 Å². The minimum absolute atomic E-state index is 0.462. The summed E-state index contributed by atoms with van der Waals surface area (Å²) in [6.07, 6.45) is 1.88. The van der Waals surface area contributed by atoms with Crippen molar-refractivity contribution in [3.8, 4) is 17.2 Å². The molecule has 1 heterocycles. The Morgan fingerprint density at radius 1 is 1.06 bits per heavy atom. The zero-order valence-electron chi connectivity index (χ0n) is 20.0. The molecule has 0 saturated carbocycles. The molecule has 1 aromatic carbocycles. The van der Waals surface area contributed by atoms with Crippen LogP contribution in [-0.4, -0.2) is 84.7 Å². The van der Waals surface area contributed by atoms with Crippen LogP contribution in [0.15, 0.2) is 17.1 Å². The van der Waals surface area contributed by atoms with Crippen LogP contribution in [0.4, 0.5) is 0 Å². The molecule has 8 nitrogen and oxygen atoms in total. The fourth-order valence-corrected chi connectivity index (χ4v) is 3.91. The fraction of sp³-hybridized carbons (Fsp3) is 0.696. The van der Waals surface area contributed by atoms with Crippen molar-refractivity contribution < 1.29 is 18.9 Å². The molecule has 1 aliphatic rings. The summed E-state index contributed by atoms with van der Waals surface area (Å²) in [5.41, 5.74) is 1.000. The molecule has 1 unspecified atom stereocenters. The Morgan fingerprint density at radius 3 is 2.23 bits per heavy atom. The standard InChI is InChI=1S/C23H40N4O4/c1-17(2)13-18(27-9-11-31-12-10-27)16-26-23(24-3)25-8-7-20-21(29-5)14-19(28-4)15-22(20)30-6/h14-15,17-18H,7-13,16H2,1-6H3,(H2,24,25,26). The van der Waals surface area contributed by atoms with Gasteiger partial charge in [0.25, 0.3) is 0 Å². The van der Waals surface area contributed by atoms with Crippen LogP contribution in [0.3, 0.4) is 0 Å². The molecule has 0 aromatic heterocycles. The Kier molecular flexibility index (Phi) is 10.7. The second-order valence-electron chi connectivity index (χ2n) is 8.07. The lowest BCUT2D eigenvalue weighted by Gasteiger charge is -2.35. The average molecular weight is 437 g/mol. The number of nitrogens with one attached hydrogen (secondary N) is 2. The van der Waals surface area contributed by atoms with Gasteiger partial charge in [0.2, 0.25) is 0 Å². The van der Waals surface area contributed by atoms with E-state index in [-0.39, 0.29) is 0 Å². The van der Waals surface area contributed by atoms with Gasteiger partial charge in [0.15, 0.2) is 5.96 Å². The van der Waals surface area contributed by atoms with E-state index in [0.717, 1.165) is 68.7 Å². The zero-order chi connectivity index (χ0) is 22.6. The van der Waals surface area contributed by atoms with Crippen LogP contribution in [0.2, 0.25) is 0 Å². The van der Waals surface area contributed by atoms with Crippen LogP contribution in [0.1, 0.15) is 25.8 Å². The molecule has 1 atom stereocenters. The Hall–Kier alpha value is -2.19. The first-order valence-electron chi connectivity index (χ1n) is 11.1. The van der Waals surface area contributed by atoms with E-state index >= 15 is 0 Å². The molecular formula is C23H40N4O4. The van der Waals surface area contributed by atoms with Crippen LogP contribution in [-0.2, 0) is 11.2 Å². The lowest BCUT2D eigenvalue weighted by atomic mass is 10.0. The van der Waals surface area contributed by atoms with E-state index in [4.69, 9.17) is 18.9 Å². The van der Waals surface area contributed by atoms with Crippen LogP contribution >= 0.6 is 0 Å². The highest BCUT2D eigenvalue weighted by atomic mass is 16.5. The molecule has 1 fully saturated rings. The molecule has 2 rings (SSSR count). The summed E-state index contributed by atoms with van der Waals surface area (Å²) in [4.78, 5) is 6.92. The predicted molar refractivity (Wildman–Crippen MR) is 125 cm³/mol. The number of methoxy groups -OCH3 is 3. The first-order valence-corrected chi connectivity index (χ1v) is 11.1. The van der Waals surface area contributed by atoms with Gasteiger partial charge in [-0.1, -0.05) is 13.8 Å². The summed E-state index contributed by atoms with van der Waals surface area (Å²) < 4.78 is 21.9. The third-order valence-corrected chi connectivity index (χ3v) is 5.52. The first kappa shape index (κ1) is 25.1. The number of hydrogen-bond acceptors (Lipinski definition) is 6. The van der Waals surface area contributed by atoms with Gasteiger partial charge >= 0.3 is 0 Å². The minimum atomic E-state index is 0.462. The third kappa shape index (κ3) is 7.78. The van der Waals surface area contributed by atoms with E-state index in [0.29, 0.717) is 24.3 Å². The Labute approximate surface area is 187 Å². The van der Waals surface area contributed by atoms with Gasteiger partial charge in [-0.05, 0) is 18.8 Å². The largest absolute Gasteiger partial charge is 0.496 e. The Morgan fingerprint density at radius 2 is 1.71 bits per heavy atom. The van der Waals surface area contributed by atoms with E-state index in [1.807, 2.05) is 12.1 Å². The molecule has 0 spiro atoms. The Bertz CT molecular complexity index is 665. The van der Waals surface area contributed by atoms with E-state index < -0.39 is 0 Å². The van der Waals surface area contributed by atoms with Gasteiger partial charge in [0, 0.05) is 57.0 Å². The smallest absolute Gasteiger partial charge is 0.191 e. The average Bonchev–Trinajstić information content (AvgIpc) is 2.80. The number of morpholine rings is 1. The maximum Gasteiger partial charge on any atom is 0.191 e. The van der Waals surface area contributed by atoms with Gasteiger partial charge in [-0.2, -0.15) is 0 Å². The van der Waals surface area contributed by atoms with Crippen LogP contribution in [0.25, 0.3) is 0 Å². The molecule has 176 valence electrons. The van der Waals surface area contributed by atoms with Gasteiger partial charge in [-0.3, -0.25) is 9.89 Å². The number of ether oxygens (including phenoxy) is 4. The second-order valence-corrected chi connectivity index (χ2v) is 8.07. The maximum absolute atomic E-state index is 5.55. The second kappa shape index (κ2) is 13.3. The third-order valence-electron chi connectivity index (χ3n) is 5.52. The maximum atomic E-state index is 5.55. The van der Waals surface area contributed by atoms with E-state index in [1.54, 1.807) is 28.4 Å². The monoisotopic (exact) mass is 436 g/mol. The number of nitrogens with zero attached hydrogens (tertiary/aromatic N) is 2. The lowest BCUT2D eigenvalue weighted by Crippen LogP contribution is -2.51. The molecule has 8 heteroatoms. The summed E-state index contributed by atoms with van der Waals surface area (Å²) >= 11 is 0. The Balaban J connectivity index is 1.93. The number of benzene rings is 1. The van der Waals surface area contributed by atoms with Gasteiger partial charge in [0.05, 0.1) is 34.5 Å². The summed E-state index contributed by atoms with van der Waals surface area (Å²) in [7, 11) is 6.75. The van der Waals surface area contributed by atoms with Crippen molar-refractivity contribution in [2.75, 3.05) is 67.8 Å². The summed E-state index contributed by atoms with van der Waals surface area (Å²) in [5.74, 6) is 3.66. The molecule has 0 aliphatic carbocycles. The van der Waals surface area contributed by atoms with E-state index in [9.17, 15) is 0 Å². The SMILES string of the molecule is CN=C(NCCc1c(OC)cc(OC)cc1OC)NCC(CC(C)C)N1CCOCC1. The van der Waals surface area contributed by atoms with Gasteiger partial charge in [0.1, 0.15) is 17.2 Å². The van der Waals surface area contributed by atoms with Crippen molar-refractivity contribution in [3.05, 3.63) is 17.7 Å². The molecule has 1 saturated heterocycles. The predicted octanol–water partition coefficient (Wildman–Crippen LogP) is 2.17. The molecule has 0 radical (unpaired) electrons. The molecule has 1 aromatic rings. The summed E-state index contributed by atoms with van der Waals surface area (Å²) in [6, 6.07) is 4.22. The summed E-state index contributed by atoms with van der Waals surface area (Å²) in [6.45, 7) is 9.70. The summed E-state index contributed by atoms with van der Waals surface area (Å²) in [5, 5.41) is 6.92. The molecule has 0 bridgehead atoms. The molecule has 0 amide bonds. The van der Waals surface area contributed by atoms with Gasteiger partial charge in [-0.25, -0.2) is 0 Å². The number of rotatable bonds is 11. The highest BCUT2D eigenvalue weighted by Crippen LogP contribution is 2.34. The quantitative estimate of drug-likeness (QED) is 0.407.